The molecule has 2 aromatic rings. The van der Waals surface area contributed by atoms with Gasteiger partial charge < -0.3 is 10.6 Å². The number of aliphatic imine (C=N–C) groups is 1. The topological polar surface area (TPSA) is 79.6 Å². The molecule has 0 aliphatic heterocycles. The summed E-state index contributed by atoms with van der Waals surface area (Å²) in [7, 11) is 1.66. The number of nitrogens with one attached hydrogen (secondary N) is 2. The van der Waals surface area contributed by atoms with Gasteiger partial charge in [0.1, 0.15) is 0 Å². The van der Waals surface area contributed by atoms with Gasteiger partial charge in [0.2, 0.25) is 0 Å². The molecule has 0 bridgehead atoms. The third-order valence-electron chi connectivity index (χ3n) is 3.48. The van der Waals surface area contributed by atoms with Crippen molar-refractivity contribution in [2.45, 2.75) is 13.0 Å². The molecule has 0 saturated heterocycles. The molecule has 24 heavy (non-hydrogen) atoms. The highest BCUT2D eigenvalue weighted by molar-refractivity contribution is 6.30. The summed E-state index contributed by atoms with van der Waals surface area (Å²) in [6.45, 7) is 1.02. The van der Waals surface area contributed by atoms with E-state index in [0.717, 1.165) is 6.42 Å². The zero-order valence-corrected chi connectivity index (χ0v) is 14.1. The van der Waals surface area contributed by atoms with Crippen molar-refractivity contribution in [1.82, 2.24) is 10.6 Å². The van der Waals surface area contributed by atoms with Gasteiger partial charge >= 0.3 is 0 Å². The number of nitro benzene ring substituents is 1. The first kappa shape index (κ1) is 17.7. The van der Waals surface area contributed by atoms with E-state index in [4.69, 9.17) is 11.6 Å². The first-order valence-electron chi connectivity index (χ1n) is 7.51. The normalized spacial score (nSPS) is 11.2. The van der Waals surface area contributed by atoms with E-state index in [-0.39, 0.29) is 10.6 Å². The largest absolute Gasteiger partial charge is 0.356 e. The lowest BCUT2D eigenvalue weighted by atomic mass is 10.1. The van der Waals surface area contributed by atoms with Crippen LogP contribution in [-0.2, 0) is 13.0 Å². The maximum absolute atomic E-state index is 11.0. The van der Waals surface area contributed by atoms with Gasteiger partial charge in [0, 0.05) is 36.8 Å². The Morgan fingerprint density at radius 2 is 1.88 bits per heavy atom. The van der Waals surface area contributed by atoms with E-state index in [9.17, 15) is 10.1 Å². The number of nitrogens with zero attached hydrogens (tertiary/aromatic N) is 2. The van der Waals surface area contributed by atoms with Crippen LogP contribution in [0.1, 0.15) is 11.1 Å². The molecular weight excluding hydrogens is 328 g/mol. The number of para-hydroxylation sites is 1. The molecule has 2 aromatic carbocycles. The fourth-order valence-electron chi connectivity index (χ4n) is 2.21. The van der Waals surface area contributed by atoms with Crippen molar-refractivity contribution in [3.8, 4) is 0 Å². The minimum atomic E-state index is -0.381. The van der Waals surface area contributed by atoms with Gasteiger partial charge in [-0.05, 0) is 24.1 Å². The number of hydrogen-bond acceptors (Lipinski definition) is 3. The fraction of sp³-hybridized carbons (Fsp3) is 0.235. The molecule has 0 aliphatic rings. The van der Waals surface area contributed by atoms with Crippen molar-refractivity contribution >= 4 is 23.2 Å². The van der Waals surface area contributed by atoms with E-state index < -0.39 is 0 Å². The summed E-state index contributed by atoms with van der Waals surface area (Å²) in [5, 5.41) is 18.0. The molecule has 2 rings (SSSR count). The molecule has 0 atom stereocenters. The zero-order valence-electron chi connectivity index (χ0n) is 13.3. The Morgan fingerprint density at radius 3 is 2.54 bits per heavy atom. The standard InChI is InChI=1S/C17H19ClN4O2/c1-19-17(20-11-10-13-6-8-15(18)9-7-13)21-12-14-4-2-3-5-16(14)22(23)24/h2-9H,10-12H2,1H3,(H2,19,20,21). The lowest BCUT2D eigenvalue weighted by Crippen LogP contribution is -2.37. The minimum absolute atomic E-state index is 0.0987. The number of nitro groups is 1. The summed E-state index contributed by atoms with van der Waals surface area (Å²) in [5.41, 5.74) is 1.88. The fourth-order valence-corrected chi connectivity index (χ4v) is 2.34. The quantitative estimate of drug-likeness (QED) is 0.364. The van der Waals surface area contributed by atoms with Gasteiger partial charge in [-0.25, -0.2) is 0 Å². The summed E-state index contributed by atoms with van der Waals surface area (Å²) in [6.07, 6.45) is 0.823. The molecule has 2 N–H and O–H groups in total. The highest BCUT2D eigenvalue weighted by Crippen LogP contribution is 2.17. The van der Waals surface area contributed by atoms with Crippen LogP contribution in [0.15, 0.2) is 53.5 Å². The van der Waals surface area contributed by atoms with Crippen LogP contribution in [0.5, 0.6) is 0 Å². The van der Waals surface area contributed by atoms with E-state index in [1.54, 1.807) is 25.2 Å². The van der Waals surface area contributed by atoms with Gasteiger partial charge in [-0.3, -0.25) is 15.1 Å². The Labute approximate surface area is 145 Å². The number of benzene rings is 2. The van der Waals surface area contributed by atoms with Crippen LogP contribution in [0, 0.1) is 10.1 Å². The van der Waals surface area contributed by atoms with Crippen LogP contribution >= 0.6 is 11.6 Å². The van der Waals surface area contributed by atoms with E-state index in [1.165, 1.54) is 11.6 Å². The SMILES string of the molecule is CN=C(NCCc1ccc(Cl)cc1)NCc1ccccc1[N+](=O)[O-]. The van der Waals surface area contributed by atoms with Crippen molar-refractivity contribution in [3.05, 3.63) is 74.8 Å². The second-order valence-corrected chi connectivity index (χ2v) is 5.55. The van der Waals surface area contributed by atoms with Crippen molar-refractivity contribution in [2.75, 3.05) is 13.6 Å². The molecule has 0 radical (unpaired) electrons. The van der Waals surface area contributed by atoms with Crippen LogP contribution in [0.3, 0.4) is 0 Å². The van der Waals surface area contributed by atoms with Crippen LogP contribution in [-0.4, -0.2) is 24.5 Å². The molecular formula is C17H19ClN4O2. The summed E-state index contributed by atoms with van der Waals surface area (Å²) in [6, 6.07) is 14.3. The monoisotopic (exact) mass is 346 g/mol. The van der Waals surface area contributed by atoms with Crippen molar-refractivity contribution in [3.63, 3.8) is 0 Å². The first-order valence-corrected chi connectivity index (χ1v) is 7.89. The molecule has 0 unspecified atom stereocenters. The van der Waals surface area contributed by atoms with Crippen molar-refractivity contribution in [1.29, 1.82) is 0 Å². The molecule has 0 aliphatic carbocycles. The summed E-state index contributed by atoms with van der Waals surface area (Å²) in [5.74, 6) is 0.599. The first-order chi connectivity index (χ1) is 11.6. The molecule has 6 nitrogen and oxygen atoms in total. The van der Waals surface area contributed by atoms with E-state index in [0.29, 0.717) is 29.6 Å². The molecule has 0 spiro atoms. The Balaban J connectivity index is 1.85. The Kier molecular flexibility index (Phi) is 6.57. The number of rotatable bonds is 6. The predicted octanol–water partition coefficient (Wildman–Crippen LogP) is 3.16. The number of hydrogen-bond donors (Lipinski definition) is 2. The molecule has 0 fully saturated rings. The van der Waals surface area contributed by atoms with Crippen molar-refractivity contribution < 1.29 is 4.92 Å². The molecule has 0 amide bonds. The highest BCUT2D eigenvalue weighted by atomic mass is 35.5. The molecule has 0 saturated carbocycles. The predicted molar refractivity (Wildman–Crippen MR) is 96.5 cm³/mol. The van der Waals surface area contributed by atoms with Crippen LogP contribution in [0.25, 0.3) is 0 Å². The van der Waals surface area contributed by atoms with E-state index in [1.807, 2.05) is 24.3 Å². The van der Waals surface area contributed by atoms with Gasteiger partial charge in [0.05, 0.1) is 4.92 Å². The maximum atomic E-state index is 11.0. The minimum Gasteiger partial charge on any atom is -0.356 e. The summed E-state index contributed by atoms with van der Waals surface area (Å²) in [4.78, 5) is 14.8. The number of halogens is 1. The number of guanidine groups is 1. The Morgan fingerprint density at radius 1 is 1.17 bits per heavy atom. The average Bonchev–Trinajstić information content (AvgIpc) is 2.59. The second kappa shape index (κ2) is 8.88. The highest BCUT2D eigenvalue weighted by Gasteiger charge is 2.12. The molecule has 126 valence electrons. The van der Waals surface area contributed by atoms with Gasteiger partial charge in [-0.15, -0.1) is 0 Å². The Hall–Kier alpha value is -2.60. The average molecular weight is 347 g/mol. The van der Waals surface area contributed by atoms with Gasteiger partial charge in [0.15, 0.2) is 5.96 Å². The van der Waals surface area contributed by atoms with Crippen molar-refractivity contribution in [2.24, 2.45) is 4.99 Å². The molecule has 0 aromatic heterocycles. The third-order valence-corrected chi connectivity index (χ3v) is 3.73. The van der Waals surface area contributed by atoms with E-state index >= 15 is 0 Å². The van der Waals surface area contributed by atoms with Gasteiger partial charge in [-0.2, -0.15) is 0 Å². The third kappa shape index (κ3) is 5.24. The maximum Gasteiger partial charge on any atom is 0.274 e. The van der Waals surface area contributed by atoms with Gasteiger partial charge in [0.25, 0.3) is 5.69 Å². The van der Waals surface area contributed by atoms with Gasteiger partial charge in [-0.1, -0.05) is 41.9 Å². The van der Waals surface area contributed by atoms with E-state index in [2.05, 4.69) is 15.6 Å². The molecule has 7 heteroatoms. The zero-order chi connectivity index (χ0) is 17.4. The smallest absolute Gasteiger partial charge is 0.274 e. The van der Waals surface area contributed by atoms with Crippen LogP contribution in [0.4, 0.5) is 5.69 Å². The summed E-state index contributed by atoms with van der Waals surface area (Å²) >= 11 is 5.86. The van der Waals surface area contributed by atoms with Crippen LogP contribution in [0.2, 0.25) is 5.02 Å². The summed E-state index contributed by atoms with van der Waals surface area (Å²) < 4.78 is 0. The lowest BCUT2D eigenvalue weighted by Gasteiger charge is -2.12. The Bertz CT molecular complexity index is 717. The van der Waals surface area contributed by atoms with Crippen LogP contribution < -0.4 is 10.6 Å². The molecule has 0 heterocycles. The second-order valence-electron chi connectivity index (χ2n) is 5.11. The lowest BCUT2D eigenvalue weighted by molar-refractivity contribution is -0.385.